The second kappa shape index (κ2) is 5.18. The molecule has 7 heteroatoms. The molecule has 0 aromatic carbocycles. The molecule has 96 valence electrons. The van der Waals surface area contributed by atoms with Crippen LogP contribution < -0.4 is 5.32 Å². The highest BCUT2D eigenvalue weighted by atomic mass is 32.2. The third kappa shape index (κ3) is 2.86. The minimum absolute atomic E-state index is 0.263. The summed E-state index contributed by atoms with van der Waals surface area (Å²) in [5.41, 5.74) is 0. The Labute approximate surface area is 101 Å². The standard InChI is InChI=1S/C10H17N3O3S/c1-12(9-10-3-2-8-16-10)17(14,15)13-6-4-11-5-7-13/h2-3,8,11H,4-7,9H2,1H3. The molecule has 1 aromatic heterocycles. The lowest BCUT2D eigenvalue weighted by Crippen LogP contribution is -2.50. The van der Waals surface area contributed by atoms with Crippen LogP contribution in [-0.2, 0) is 16.8 Å². The van der Waals surface area contributed by atoms with Gasteiger partial charge in [0.1, 0.15) is 5.76 Å². The first-order valence-corrected chi connectivity index (χ1v) is 6.95. The Morgan fingerprint density at radius 1 is 1.47 bits per heavy atom. The highest BCUT2D eigenvalue weighted by Crippen LogP contribution is 2.12. The number of nitrogens with one attached hydrogen (secondary N) is 1. The molecule has 1 aliphatic heterocycles. The van der Waals surface area contributed by atoms with Crippen molar-refractivity contribution in [2.75, 3.05) is 33.2 Å². The van der Waals surface area contributed by atoms with Crippen molar-refractivity contribution in [3.63, 3.8) is 0 Å². The minimum atomic E-state index is -3.37. The Balaban J connectivity index is 2.03. The van der Waals surface area contributed by atoms with E-state index in [-0.39, 0.29) is 6.54 Å². The van der Waals surface area contributed by atoms with Crippen LogP contribution in [-0.4, -0.2) is 50.3 Å². The first-order chi connectivity index (χ1) is 8.10. The summed E-state index contributed by atoms with van der Waals surface area (Å²) in [5.74, 6) is 0.645. The summed E-state index contributed by atoms with van der Waals surface area (Å²) in [5, 5.41) is 3.13. The van der Waals surface area contributed by atoms with Crippen LogP contribution in [0.4, 0.5) is 0 Å². The van der Waals surface area contributed by atoms with E-state index in [1.54, 1.807) is 25.4 Å². The maximum Gasteiger partial charge on any atom is 0.282 e. The Morgan fingerprint density at radius 2 is 2.18 bits per heavy atom. The smallest absolute Gasteiger partial charge is 0.282 e. The zero-order valence-corrected chi connectivity index (χ0v) is 10.6. The highest BCUT2D eigenvalue weighted by Gasteiger charge is 2.28. The SMILES string of the molecule is CN(Cc1ccco1)S(=O)(=O)N1CCNCC1. The second-order valence-corrected chi connectivity index (χ2v) is 6.03. The van der Waals surface area contributed by atoms with Crippen LogP contribution >= 0.6 is 0 Å². The van der Waals surface area contributed by atoms with Gasteiger partial charge in [-0.2, -0.15) is 17.0 Å². The molecule has 0 spiro atoms. The molecule has 1 aromatic rings. The molecule has 1 N–H and O–H groups in total. The highest BCUT2D eigenvalue weighted by molar-refractivity contribution is 7.86. The predicted molar refractivity (Wildman–Crippen MR) is 63.5 cm³/mol. The van der Waals surface area contributed by atoms with Crippen LogP contribution in [0.5, 0.6) is 0 Å². The summed E-state index contributed by atoms with van der Waals surface area (Å²) in [6.07, 6.45) is 1.54. The van der Waals surface area contributed by atoms with Crippen molar-refractivity contribution in [1.29, 1.82) is 0 Å². The molecule has 0 atom stereocenters. The van der Waals surface area contributed by atoms with Crippen LogP contribution in [0.25, 0.3) is 0 Å². The first kappa shape index (κ1) is 12.6. The Bertz CT molecular complexity index is 437. The zero-order valence-electron chi connectivity index (χ0n) is 9.80. The maximum atomic E-state index is 12.2. The average molecular weight is 259 g/mol. The van der Waals surface area contributed by atoms with E-state index in [0.29, 0.717) is 31.9 Å². The number of piperazine rings is 1. The summed E-state index contributed by atoms with van der Waals surface area (Å²) >= 11 is 0. The summed E-state index contributed by atoms with van der Waals surface area (Å²) in [7, 11) is -1.80. The van der Waals surface area contributed by atoms with Crippen molar-refractivity contribution in [2.24, 2.45) is 0 Å². The van der Waals surface area contributed by atoms with Gasteiger partial charge in [0.25, 0.3) is 10.2 Å². The fourth-order valence-corrected chi connectivity index (χ4v) is 3.10. The van der Waals surface area contributed by atoms with E-state index < -0.39 is 10.2 Å². The van der Waals surface area contributed by atoms with E-state index in [1.807, 2.05) is 0 Å². The van der Waals surface area contributed by atoms with Crippen LogP contribution in [0, 0.1) is 0 Å². The van der Waals surface area contributed by atoms with E-state index in [4.69, 9.17) is 4.42 Å². The third-order valence-electron chi connectivity index (χ3n) is 2.75. The first-order valence-electron chi connectivity index (χ1n) is 5.55. The summed E-state index contributed by atoms with van der Waals surface area (Å²) in [4.78, 5) is 0. The van der Waals surface area contributed by atoms with Gasteiger partial charge in [0.05, 0.1) is 12.8 Å². The number of hydrogen-bond donors (Lipinski definition) is 1. The Hall–Kier alpha value is -0.890. The maximum absolute atomic E-state index is 12.2. The fraction of sp³-hybridized carbons (Fsp3) is 0.600. The van der Waals surface area contributed by atoms with E-state index in [9.17, 15) is 8.42 Å². The van der Waals surface area contributed by atoms with Gasteiger partial charge >= 0.3 is 0 Å². The molecule has 0 aliphatic carbocycles. The topological polar surface area (TPSA) is 65.8 Å². The van der Waals surface area contributed by atoms with E-state index in [0.717, 1.165) is 0 Å². The number of hydrogen-bond acceptors (Lipinski definition) is 4. The molecular weight excluding hydrogens is 242 g/mol. The molecule has 1 saturated heterocycles. The van der Waals surface area contributed by atoms with Gasteiger partial charge in [-0.25, -0.2) is 0 Å². The normalized spacial score (nSPS) is 18.7. The van der Waals surface area contributed by atoms with E-state index in [1.165, 1.54) is 8.61 Å². The van der Waals surface area contributed by atoms with Crippen molar-refractivity contribution >= 4 is 10.2 Å². The van der Waals surface area contributed by atoms with E-state index in [2.05, 4.69) is 5.32 Å². The monoisotopic (exact) mass is 259 g/mol. The Morgan fingerprint density at radius 3 is 2.76 bits per heavy atom. The second-order valence-electron chi connectivity index (χ2n) is 3.99. The van der Waals surface area contributed by atoms with Gasteiger partial charge in [-0.15, -0.1) is 0 Å². The van der Waals surface area contributed by atoms with Gasteiger partial charge in [-0.1, -0.05) is 0 Å². The zero-order chi connectivity index (χ0) is 12.3. The molecule has 0 bridgehead atoms. The molecule has 0 saturated carbocycles. The summed E-state index contributed by atoms with van der Waals surface area (Å²) < 4.78 is 32.3. The molecule has 1 fully saturated rings. The van der Waals surface area contributed by atoms with Gasteiger partial charge in [0, 0.05) is 33.2 Å². The van der Waals surface area contributed by atoms with Crippen LogP contribution in [0.15, 0.2) is 22.8 Å². The van der Waals surface area contributed by atoms with Crippen molar-refractivity contribution in [2.45, 2.75) is 6.54 Å². The fourth-order valence-electron chi connectivity index (χ4n) is 1.78. The van der Waals surface area contributed by atoms with Crippen molar-refractivity contribution in [3.8, 4) is 0 Å². The molecule has 2 heterocycles. The van der Waals surface area contributed by atoms with Gasteiger partial charge in [0.15, 0.2) is 0 Å². The van der Waals surface area contributed by atoms with Gasteiger partial charge in [-0.3, -0.25) is 0 Å². The number of furan rings is 1. The van der Waals surface area contributed by atoms with Crippen molar-refractivity contribution < 1.29 is 12.8 Å². The molecule has 0 amide bonds. The van der Waals surface area contributed by atoms with Gasteiger partial charge in [-0.05, 0) is 12.1 Å². The van der Waals surface area contributed by atoms with Crippen LogP contribution in [0.1, 0.15) is 5.76 Å². The molecule has 1 aliphatic rings. The molecule has 0 unspecified atom stereocenters. The number of rotatable bonds is 4. The predicted octanol–water partition coefficient (Wildman–Crippen LogP) is -0.139. The van der Waals surface area contributed by atoms with Crippen LogP contribution in [0.2, 0.25) is 0 Å². The lowest BCUT2D eigenvalue weighted by Gasteiger charge is -2.30. The van der Waals surface area contributed by atoms with E-state index >= 15 is 0 Å². The minimum Gasteiger partial charge on any atom is -0.468 e. The molecule has 0 radical (unpaired) electrons. The largest absolute Gasteiger partial charge is 0.468 e. The summed E-state index contributed by atoms with van der Waals surface area (Å²) in [6, 6.07) is 3.52. The lowest BCUT2D eigenvalue weighted by molar-refractivity contribution is 0.316. The van der Waals surface area contributed by atoms with Crippen molar-refractivity contribution in [1.82, 2.24) is 13.9 Å². The van der Waals surface area contributed by atoms with Gasteiger partial charge in [0.2, 0.25) is 0 Å². The lowest BCUT2D eigenvalue weighted by atomic mass is 10.4. The molecule has 2 rings (SSSR count). The number of nitrogens with zero attached hydrogens (tertiary/aromatic N) is 2. The quantitative estimate of drug-likeness (QED) is 0.817. The molecule has 6 nitrogen and oxygen atoms in total. The third-order valence-corrected chi connectivity index (χ3v) is 4.69. The average Bonchev–Trinajstić information content (AvgIpc) is 2.83. The molecular formula is C10H17N3O3S. The van der Waals surface area contributed by atoms with Crippen molar-refractivity contribution in [3.05, 3.63) is 24.2 Å². The van der Waals surface area contributed by atoms with Crippen LogP contribution in [0.3, 0.4) is 0 Å². The Kier molecular flexibility index (Phi) is 3.82. The molecule has 17 heavy (non-hydrogen) atoms. The summed E-state index contributed by atoms with van der Waals surface area (Å²) in [6.45, 7) is 2.70. The van der Waals surface area contributed by atoms with Gasteiger partial charge < -0.3 is 9.73 Å².